The summed E-state index contributed by atoms with van der Waals surface area (Å²) in [6, 6.07) is 0. The SMILES string of the molecule is CC1(C)C[C@]2(CN3CCOCC3)CN(C(=O)c3csc4c3CCCC4)C[C@H]12. The van der Waals surface area contributed by atoms with Crippen LogP contribution in [0.25, 0.3) is 0 Å². The highest BCUT2D eigenvalue weighted by Crippen LogP contribution is 2.63. The van der Waals surface area contributed by atoms with Crippen LogP contribution in [0.5, 0.6) is 0 Å². The summed E-state index contributed by atoms with van der Waals surface area (Å²) < 4.78 is 5.54. The molecule has 5 heteroatoms. The Kier molecular flexibility index (Phi) is 4.41. The van der Waals surface area contributed by atoms with Gasteiger partial charge in [-0.05, 0) is 49.0 Å². The first-order valence-corrected chi connectivity index (χ1v) is 11.6. The summed E-state index contributed by atoms with van der Waals surface area (Å²) in [4.78, 5) is 19.7. The molecule has 0 aromatic carbocycles. The fraction of sp³-hybridized carbons (Fsp3) is 0.773. The van der Waals surface area contributed by atoms with Crippen LogP contribution in [0, 0.1) is 16.7 Å². The second-order valence-corrected chi connectivity index (χ2v) is 10.9. The molecule has 1 saturated carbocycles. The van der Waals surface area contributed by atoms with Crippen molar-refractivity contribution in [3.63, 3.8) is 0 Å². The predicted molar refractivity (Wildman–Crippen MR) is 108 cm³/mol. The number of likely N-dealkylation sites (tertiary alicyclic amines) is 1. The van der Waals surface area contributed by atoms with Crippen LogP contribution < -0.4 is 0 Å². The average molecular weight is 389 g/mol. The van der Waals surface area contributed by atoms with E-state index in [1.54, 1.807) is 0 Å². The van der Waals surface area contributed by atoms with Crippen molar-refractivity contribution >= 4 is 17.2 Å². The normalized spacial score (nSPS) is 32.7. The van der Waals surface area contributed by atoms with Gasteiger partial charge in [-0.1, -0.05) is 13.8 Å². The van der Waals surface area contributed by atoms with Gasteiger partial charge in [0.25, 0.3) is 5.91 Å². The van der Waals surface area contributed by atoms with Gasteiger partial charge in [0, 0.05) is 48.4 Å². The molecule has 2 saturated heterocycles. The Morgan fingerprint density at radius 2 is 2.04 bits per heavy atom. The van der Waals surface area contributed by atoms with E-state index in [4.69, 9.17) is 4.74 Å². The number of carbonyl (C=O) groups excluding carboxylic acids is 1. The Hall–Kier alpha value is -0.910. The molecule has 1 aromatic rings. The third-order valence-corrected chi connectivity index (χ3v) is 8.71. The minimum absolute atomic E-state index is 0.298. The standard InChI is InChI=1S/C22H32N2O2S/c1-21(2)13-22(14-23-7-9-26-10-8-23)15-24(11-19(21)22)20(25)17-12-27-18-6-4-3-5-16(17)18/h12,19H,3-11,13-15H2,1-2H3/t19-,22+/m1/s1. The number of aryl methyl sites for hydroxylation is 1. The van der Waals surface area contributed by atoms with E-state index in [9.17, 15) is 4.79 Å². The summed E-state index contributed by atoms with van der Waals surface area (Å²) in [6.07, 6.45) is 6.03. The summed E-state index contributed by atoms with van der Waals surface area (Å²) in [5.41, 5.74) is 3.05. The molecule has 0 N–H and O–H groups in total. The molecule has 3 fully saturated rings. The zero-order chi connectivity index (χ0) is 18.6. The lowest BCUT2D eigenvalue weighted by atomic mass is 9.48. The molecular formula is C22H32N2O2S. The topological polar surface area (TPSA) is 32.8 Å². The second-order valence-electron chi connectivity index (χ2n) is 9.91. The van der Waals surface area contributed by atoms with Crippen LogP contribution in [0.4, 0.5) is 0 Å². The van der Waals surface area contributed by atoms with Gasteiger partial charge in [-0.25, -0.2) is 0 Å². The minimum atomic E-state index is 0.298. The Morgan fingerprint density at radius 3 is 2.81 bits per heavy atom. The van der Waals surface area contributed by atoms with Crippen LogP contribution in [-0.2, 0) is 17.6 Å². The van der Waals surface area contributed by atoms with E-state index in [1.165, 1.54) is 36.1 Å². The number of hydrogen-bond acceptors (Lipinski definition) is 4. The average Bonchev–Trinajstić information content (AvgIpc) is 3.22. The molecule has 2 aliphatic heterocycles. The van der Waals surface area contributed by atoms with Crippen molar-refractivity contribution in [2.45, 2.75) is 46.0 Å². The van der Waals surface area contributed by atoms with Crippen LogP contribution >= 0.6 is 11.3 Å². The van der Waals surface area contributed by atoms with Crippen LogP contribution in [0.15, 0.2) is 5.38 Å². The molecule has 148 valence electrons. The Labute approximate surface area is 166 Å². The molecular weight excluding hydrogens is 356 g/mol. The van der Waals surface area contributed by atoms with Gasteiger partial charge in [-0.2, -0.15) is 0 Å². The molecule has 1 aromatic heterocycles. The van der Waals surface area contributed by atoms with Crippen LogP contribution in [0.1, 0.15) is 53.9 Å². The molecule has 3 heterocycles. The predicted octanol–water partition coefficient (Wildman–Crippen LogP) is 3.45. The molecule has 4 aliphatic rings. The summed E-state index contributed by atoms with van der Waals surface area (Å²) in [5, 5.41) is 2.15. The van der Waals surface area contributed by atoms with Crippen molar-refractivity contribution in [1.82, 2.24) is 9.80 Å². The van der Waals surface area contributed by atoms with E-state index in [0.717, 1.165) is 57.9 Å². The molecule has 0 bridgehead atoms. The van der Waals surface area contributed by atoms with Crippen molar-refractivity contribution in [3.8, 4) is 0 Å². The highest BCUT2D eigenvalue weighted by atomic mass is 32.1. The number of ether oxygens (including phenoxy) is 1. The first-order chi connectivity index (χ1) is 13.0. The number of hydrogen-bond donors (Lipinski definition) is 0. The van der Waals surface area contributed by atoms with E-state index in [0.29, 0.717) is 22.7 Å². The maximum atomic E-state index is 13.4. The number of carbonyl (C=O) groups is 1. The van der Waals surface area contributed by atoms with Crippen molar-refractivity contribution in [1.29, 1.82) is 0 Å². The summed E-state index contributed by atoms with van der Waals surface area (Å²) in [6.45, 7) is 11.6. The fourth-order valence-corrected chi connectivity index (χ4v) is 7.66. The maximum absolute atomic E-state index is 13.4. The number of morpholine rings is 1. The monoisotopic (exact) mass is 388 g/mol. The number of rotatable bonds is 3. The first kappa shape index (κ1) is 18.1. The fourth-order valence-electron chi connectivity index (χ4n) is 6.54. The van der Waals surface area contributed by atoms with E-state index in [-0.39, 0.29) is 0 Å². The Bertz CT molecular complexity index is 737. The Morgan fingerprint density at radius 1 is 1.26 bits per heavy atom. The number of amides is 1. The van der Waals surface area contributed by atoms with Crippen molar-refractivity contribution in [2.75, 3.05) is 45.9 Å². The van der Waals surface area contributed by atoms with Crippen LogP contribution in [-0.4, -0.2) is 61.6 Å². The smallest absolute Gasteiger partial charge is 0.255 e. The van der Waals surface area contributed by atoms with Gasteiger partial charge in [0.05, 0.1) is 18.8 Å². The lowest BCUT2D eigenvalue weighted by Gasteiger charge is -2.58. The number of thiophene rings is 1. The minimum Gasteiger partial charge on any atom is -0.379 e. The molecule has 2 atom stereocenters. The highest BCUT2D eigenvalue weighted by Gasteiger charge is 2.63. The van der Waals surface area contributed by atoms with Crippen LogP contribution in [0.2, 0.25) is 0 Å². The number of nitrogens with zero attached hydrogens (tertiary/aromatic N) is 2. The molecule has 0 spiro atoms. The lowest BCUT2D eigenvalue weighted by Crippen LogP contribution is -2.59. The molecule has 2 aliphatic carbocycles. The largest absolute Gasteiger partial charge is 0.379 e. The van der Waals surface area contributed by atoms with Gasteiger partial charge in [-0.15, -0.1) is 11.3 Å². The summed E-state index contributed by atoms with van der Waals surface area (Å²) in [7, 11) is 0. The Balaban J connectivity index is 1.36. The van der Waals surface area contributed by atoms with Crippen molar-refractivity contribution < 1.29 is 9.53 Å². The third kappa shape index (κ3) is 2.97. The van der Waals surface area contributed by atoms with E-state index in [1.807, 2.05) is 11.3 Å². The third-order valence-electron chi connectivity index (χ3n) is 7.62. The lowest BCUT2D eigenvalue weighted by molar-refractivity contribution is -0.0966. The van der Waals surface area contributed by atoms with Gasteiger partial charge in [-0.3, -0.25) is 9.69 Å². The van der Waals surface area contributed by atoms with Gasteiger partial charge < -0.3 is 9.64 Å². The van der Waals surface area contributed by atoms with Crippen molar-refractivity contribution in [2.24, 2.45) is 16.7 Å². The van der Waals surface area contributed by atoms with E-state index < -0.39 is 0 Å². The first-order valence-electron chi connectivity index (χ1n) is 10.7. The van der Waals surface area contributed by atoms with Gasteiger partial charge in [0.2, 0.25) is 0 Å². The molecule has 0 radical (unpaired) electrons. The van der Waals surface area contributed by atoms with Gasteiger partial charge in [0.1, 0.15) is 0 Å². The van der Waals surface area contributed by atoms with E-state index >= 15 is 0 Å². The summed E-state index contributed by atoms with van der Waals surface area (Å²) in [5.74, 6) is 0.937. The quantitative estimate of drug-likeness (QED) is 0.795. The summed E-state index contributed by atoms with van der Waals surface area (Å²) >= 11 is 1.81. The molecule has 1 amide bonds. The molecule has 4 nitrogen and oxygen atoms in total. The van der Waals surface area contributed by atoms with E-state index in [2.05, 4.69) is 29.0 Å². The molecule has 0 unspecified atom stereocenters. The highest BCUT2D eigenvalue weighted by molar-refractivity contribution is 7.10. The molecule has 27 heavy (non-hydrogen) atoms. The number of fused-ring (bicyclic) bond motifs is 2. The van der Waals surface area contributed by atoms with Gasteiger partial charge >= 0.3 is 0 Å². The van der Waals surface area contributed by atoms with Crippen molar-refractivity contribution in [3.05, 3.63) is 21.4 Å². The zero-order valence-electron chi connectivity index (χ0n) is 16.8. The zero-order valence-corrected chi connectivity index (χ0v) is 17.6. The maximum Gasteiger partial charge on any atom is 0.255 e. The second kappa shape index (κ2) is 6.57. The van der Waals surface area contributed by atoms with Crippen LogP contribution in [0.3, 0.4) is 0 Å². The van der Waals surface area contributed by atoms with Gasteiger partial charge in [0.15, 0.2) is 0 Å². The molecule has 5 rings (SSSR count).